The molecule has 5 nitrogen and oxygen atoms in total. The molecule has 0 bridgehead atoms. The number of ether oxygens (including phenoxy) is 1. The highest BCUT2D eigenvalue weighted by Gasteiger charge is 2.30. The average molecular weight is 320 g/mol. The van der Waals surface area contributed by atoms with Gasteiger partial charge in [0.25, 0.3) is 0 Å². The van der Waals surface area contributed by atoms with Crippen molar-refractivity contribution in [2.75, 3.05) is 26.7 Å². The first-order valence-corrected chi connectivity index (χ1v) is 8.17. The van der Waals surface area contributed by atoms with Crippen LogP contribution >= 0.6 is 0 Å². The lowest BCUT2D eigenvalue weighted by Gasteiger charge is -2.21. The summed E-state index contributed by atoms with van der Waals surface area (Å²) in [5, 5.41) is 12.9. The van der Waals surface area contributed by atoms with Crippen LogP contribution in [0.15, 0.2) is 18.2 Å². The summed E-state index contributed by atoms with van der Waals surface area (Å²) in [6.45, 7) is 8.80. The molecule has 1 aromatic rings. The van der Waals surface area contributed by atoms with Crippen LogP contribution in [-0.4, -0.2) is 48.7 Å². The lowest BCUT2D eigenvalue weighted by atomic mass is 9.93. The van der Waals surface area contributed by atoms with Crippen LogP contribution in [0.5, 0.6) is 11.5 Å². The number of benzene rings is 1. The number of carbonyl (C=O) groups is 1. The van der Waals surface area contributed by atoms with E-state index < -0.39 is 0 Å². The van der Waals surface area contributed by atoms with Gasteiger partial charge >= 0.3 is 0 Å². The monoisotopic (exact) mass is 320 g/mol. The SMILES string of the molecule is COc1ccc(O)c(CC(C)NC(=O)CN2CCC(C)(C)C2)c1. The minimum Gasteiger partial charge on any atom is -0.508 e. The summed E-state index contributed by atoms with van der Waals surface area (Å²) in [5.74, 6) is 0.974. The van der Waals surface area contributed by atoms with E-state index in [4.69, 9.17) is 4.74 Å². The van der Waals surface area contributed by atoms with Crippen molar-refractivity contribution in [1.29, 1.82) is 0 Å². The summed E-state index contributed by atoms with van der Waals surface area (Å²) in [6, 6.07) is 5.10. The standard InChI is InChI=1S/C18H28N2O3/c1-13(9-14-10-15(23-4)5-6-16(14)21)19-17(22)11-20-8-7-18(2,3)12-20/h5-6,10,13,21H,7-9,11-12H2,1-4H3,(H,19,22). The number of phenols is 1. The number of methoxy groups -OCH3 is 1. The predicted octanol–water partition coefficient (Wildman–Crippen LogP) is 2.18. The minimum absolute atomic E-state index is 0.0394. The Hall–Kier alpha value is -1.75. The van der Waals surface area contributed by atoms with Crippen LogP contribution in [0.2, 0.25) is 0 Å². The number of amides is 1. The Bertz CT molecular complexity index is 557. The van der Waals surface area contributed by atoms with Gasteiger partial charge in [-0.15, -0.1) is 0 Å². The van der Waals surface area contributed by atoms with Crippen LogP contribution in [0.25, 0.3) is 0 Å². The topological polar surface area (TPSA) is 61.8 Å². The Morgan fingerprint density at radius 1 is 1.48 bits per heavy atom. The number of carbonyl (C=O) groups excluding carboxylic acids is 1. The molecule has 0 aliphatic carbocycles. The van der Waals surface area contributed by atoms with Crippen LogP contribution in [0.1, 0.15) is 32.8 Å². The molecule has 1 aliphatic rings. The summed E-state index contributed by atoms with van der Waals surface area (Å²) in [5.41, 5.74) is 1.08. The van der Waals surface area contributed by atoms with E-state index in [1.807, 2.05) is 6.92 Å². The zero-order chi connectivity index (χ0) is 17.0. The molecule has 2 rings (SSSR count). The lowest BCUT2D eigenvalue weighted by molar-refractivity contribution is -0.122. The Kier molecular flexibility index (Phi) is 5.52. The molecule has 0 saturated carbocycles. The molecule has 1 heterocycles. The molecule has 1 fully saturated rings. The molecule has 2 N–H and O–H groups in total. The highest BCUT2D eigenvalue weighted by Crippen LogP contribution is 2.28. The predicted molar refractivity (Wildman–Crippen MR) is 90.8 cm³/mol. The fourth-order valence-corrected chi connectivity index (χ4v) is 3.12. The number of rotatable bonds is 6. The van der Waals surface area contributed by atoms with Crippen molar-refractivity contribution >= 4 is 5.91 Å². The van der Waals surface area contributed by atoms with E-state index in [2.05, 4.69) is 24.1 Å². The van der Waals surface area contributed by atoms with Gasteiger partial charge in [-0.05, 0) is 55.5 Å². The second-order valence-corrected chi connectivity index (χ2v) is 7.29. The fraction of sp³-hybridized carbons (Fsp3) is 0.611. The van der Waals surface area contributed by atoms with Crippen molar-refractivity contribution in [3.63, 3.8) is 0 Å². The zero-order valence-electron chi connectivity index (χ0n) is 14.6. The highest BCUT2D eigenvalue weighted by molar-refractivity contribution is 5.78. The Labute approximate surface area is 138 Å². The Balaban J connectivity index is 1.85. The van der Waals surface area contributed by atoms with Gasteiger partial charge in [0.1, 0.15) is 11.5 Å². The van der Waals surface area contributed by atoms with Crippen molar-refractivity contribution in [3.05, 3.63) is 23.8 Å². The quantitative estimate of drug-likeness (QED) is 0.843. The van der Waals surface area contributed by atoms with Crippen molar-refractivity contribution < 1.29 is 14.6 Å². The molecule has 128 valence electrons. The minimum atomic E-state index is -0.0453. The molecule has 1 unspecified atom stereocenters. The zero-order valence-corrected chi connectivity index (χ0v) is 14.6. The second kappa shape index (κ2) is 7.21. The van der Waals surface area contributed by atoms with Gasteiger partial charge in [-0.1, -0.05) is 13.8 Å². The number of nitrogens with zero attached hydrogens (tertiary/aromatic N) is 1. The maximum atomic E-state index is 12.2. The average Bonchev–Trinajstić information content (AvgIpc) is 2.79. The first kappa shape index (κ1) is 17.6. The number of aromatic hydroxyl groups is 1. The van der Waals surface area contributed by atoms with Crippen LogP contribution in [0.3, 0.4) is 0 Å². The molecule has 5 heteroatoms. The van der Waals surface area contributed by atoms with Gasteiger partial charge in [0, 0.05) is 12.6 Å². The third-order valence-corrected chi connectivity index (χ3v) is 4.34. The van der Waals surface area contributed by atoms with E-state index in [0.29, 0.717) is 24.1 Å². The van der Waals surface area contributed by atoms with Gasteiger partial charge in [0.15, 0.2) is 0 Å². The van der Waals surface area contributed by atoms with Gasteiger partial charge in [-0.25, -0.2) is 0 Å². The molecule has 1 amide bonds. The summed E-state index contributed by atoms with van der Waals surface area (Å²) in [6.07, 6.45) is 1.70. The van der Waals surface area contributed by atoms with Crippen molar-refractivity contribution in [2.24, 2.45) is 5.41 Å². The Morgan fingerprint density at radius 2 is 2.22 bits per heavy atom. The summed E-state index contributed by atoms with van der Waals surface area (Å²) < 4.78 is 5.18. The van der Waals surface area contributed by atoms with E-state index in [9.17, 15) is 9.90 Å². The largest absolute Gasteiger partial charge is 0.508 e. The van der Waals surface area contributed by atoms with E-state index in [-0.39, 0.29) is 17.7 Å². The third-order valence-electron chi connectivity index (χ3n) is 4.34. The van der Waals surface area contributed by atoms with Crippen molar-refractivity contribution in [1.82, 2.24) is 10.2 Å². The van der Waals surface area contributed by atoms with E-state index in [1.165, 1.54) is 0 Å². The molecule has 1 aliphatic heterocycles. The normalized spacial score (nSPS) is 18.6. The summed E-state index contributed by atoms with van der Waals surface area (Å²) in [4.78, 5) is 14.4. The maximum absolute atomic E-state index is 12.2. The van der Waals surface area contributed by atoms with E-state index in [1.54, 1.807) is 25.3 Å². The van der Waals surface area contributed by atoms with Gasteiger partial charge in [-0.3, -0.25) is 9.69 Å². The molecule has 1 saturated heterocycles. The molecule has 23 heavy (non-hydrogen) atoms. The molecular formula is C18H28N2O3. The third kappa shape index (κ3) is 5.13. The van der Waals surface area contributed by atoms with Crippen molar-refractivity contribution in [3.8, 4) is 11.5 Å². The van der Waals surface area contributed by atoms with Gasteiger partial charge in [0.2, 0.25) is 5.91 Å². The molecular weight excluding hydrogens is 292 g/mol. The van der Waals surface area contributed by atoms with Crippen LogP contribution < -0.4 is 10.1 Å². The lowest BCUT2D eigenvalue weighted by Crippen LogP contribution is -2.41. The Morgan fingerprint density at radius 3 is 2.83 bits per heavy atom. The fourth-order valence-electron chi connectivity index (χ4n) is 3.12. The summed E-state index contributed by atoms with van der Waals surface area (Å²) in [7, 11) is 1.60. The molecule has 0 spiro atoms. The first-order chi connectivity index (χ1) is 10.8. The van der Waals surface area contributed by atoms with E-state index >= 15 is 0 Å². The van der Waals surface area contributed by atoms with Gasteiger partial charge < -0.3 is 15.2 Å². The van der Waals surface area contributed by atoms with Crippen molar-refractivity contribution in [2.45, 2.75) is 39.7 Å². The molecule has 1 atom stereocenters. The number of hydrogen-bond donors (Lipinski definition) is 2. The first-order valence-electron chi connectivity index (χ1n) is 8.17. The van der Waals surface area contributed by atoms with Crippen LogP contribution in [0.4, 0.5) is 0 Å². The van der Waals surface area contributed by atoms with Crippen LogP contribution in [0, 0.1) is 5.41 Å². The molecule has 0 aromatic heterocycles. The van der Waals surface area contributed by atoms with Gasteiger partial charge in [-0.2, -0.15) is 0 Å². The smallest absolute Gasteiger partial charge is 0.234 e. The molecule has 0 radical (unpaired) electrons. The summed E-state index contributed by atoms with van der Waals surface area (Å²) >= 11 is 0. The number of hydrogen-bond acceptors (Lipinski definition) is 4. The van der Waals surface area contributed by atoms with E-state index in [0.717, 1.165) is 25.1 Å². The second-order valence-electron chi connectivity index (χ2n) is 7.29. The van der Waals surface area contributed by atoms with Crippen LogP contribution in [-0.2, 0) is 11.2 Å². The number of likely N-dealkylation sites (tertiary alicyclic amines) is 1. The highest BCUT2D eigenvalue weighted by atomic mass is 16.5. The van der Waals surface area contributed by atoms with Gasteiger partial charge in [0.05, 0.1) is 13.7 Å². The number of nitrogens with one attached hydrogen (secondary N) is 1. The molecule has 1 aromatic carbocycles. The maximum Gasteiger partial charge on any atom is 0.234 e. The number of phenolic OH excluding ortho intramolecular Hbond substituents is 1.